The molecule has 3 rings (SSSR count). The second-order valence-electron chi connectivity index (χ2n) is 5.25. The Morgan fingerprint density at radius 2 is 2.23 bits per heavy atom. The quantitative estimate of drug-likeness (QED) is 0.896. The number of nitrogens with zero attached hydrogens (tertiary/aromatic N) is 1. The molecule has 118 valence electrons. The molecule has 0 aliphatic carbocycles. The first-order valence-corrected chi connectivity index (χ1v) is 10.7. The zero-order valence-electron chi connectivity index (χ0n) is 11.8. The fourth-order valence-corrected chi connectivity index (χ4v) is 5.94. The molecule has 1 aromatic carbocycles. The van der Waals surface area contributed by atoms with Crippen LogP contribution in [-0.2, 0) is 20.4 Å². The normalized spacial score (nSPS) is 22.7. The van der Waals surface area contributed by atoms with Crippen LogP contribution in [-0.4, -0.2) is 42.0 Å². The third-order valence-corrected chi connectivity index (χ3v) is 7.49. The summed E-state index contributed by atoms with van der Waals surface area (Å²) < 4.78 is 23.6. The van der Waals surface area contributed by atoms with Gasteiger partial charge in [0.25, 0.3) is 0 Å². The number of para-hydroxylation sites is 1. The Morgan fingerprint density at radius 3 is 3.00 bits per heavy atom. The lowest BCUT2D eigenvalue weighted by Crippen LogP contribution is -2.36. The molecule has 1 atom stereocenters. The van der Waals surface area contributed by atoms with Crippen molar-refractivity contribution in [1.82, 2.24) is 5.32 Å². The Kier molecular flexibility index (Phi) is 4.79. The molecule has 1 saturated heterocycles. The summed E-state index contributed by atoms with van der Waals surface area (Å²) >= 11 is 3.03. The second-order valence-corrected chi connectivity index (χ2v) is 9.67. The van der Waals surface area contributed by atoms with Gasteiger partial charge in [-0.25, -0.2) is 13.4 Å². The molecule has 1 fully saturated rings. The third kappa shape index (κ3) is 4.05. The Bertz CT molecular complexity index is 716. The maximum Gasteiger partial charge on any atom is 0.230 e. The Labute approximate surface area is 138 Å². The number of benzene rings is 1. The summed E-state index contributed by atoms with van der Waals surface area (Å²) in [7, 11) is -2.96. The maximum atomic E-state index is 11.9. The molecule has 22 heavy (non-hydrogen) atoms. The van der Waals surface area contributed by atoms with Crippen molar-refractivity contribution in [3.05, 3.63) is 29.8 Å². The summed E-state index contributed by atoms with van der Waals surface area (Å²) in [4.78, 5) is 16.4. The molecule has 0 aromatic heterocycles. The van der Waals surface area contributed by atoms with Gasteiger partial charge in [0.2, 0.25) is 5.91 Å². The average molecular weight is 356 g/mol. The zero-order valence-corrected chi connectivity index (χ0v) is 14.3. The molecule has 5 nitrogen and oxygen atoms in total. The van der Waals surface area contributed by atoms with Gasteiger partial charge in [0, 0.05) is 11.8 Å². The number of fused-ring (bicyclic) bond motifs is 1. The molecule has 1 aromatic rings. The topological polar surface area (TPSA) is 75.6 Å². The summed E-state index contributed by atoms with van der Waals surface area (Å²) in [5.41, 5.74) is 2.17. The van der Waals surface area contributed by atoms with Gasteiger partial charge in [-0.05, 0) is 18.1 Å². The van der Waals surface area contributed by atoms with E-state index >= 15 is 0 Å². The highest BCUT2D eigenvalue weighted by Gasteiger charge is 2.28. The number of carbonyl (C=O) groups is 1. The van der Waals surface area contributed by atoms with Gasteiger partial charge in [-0.3, -0.25) is 4.79 Å². The third-order valence-electron chi connectivity index (χ3n) is 3.48. The summed E-state index contributed by atoms with van der Waals surface area (Å²) in [5.74, 6) is 1.24. The van der Waals surface area contributed by atoms with Crippen LogP contribution in [0.2, 0.25) is 0 Å². The second kappa shape index (κ2) is 6.64. The highest BCUT2D eigenvalue weighted by atomic mass is 32.2. The number of carbonyl (C=O) groups excluding carboxylic acids is 1. The first-order chi connectivity index (χ1) is 10.5. The van der Waals surface area contributed by atoms with E-state index in [9.17, 15) is 13.2 Å². The van der Waals surface area contributed by atoms with E-state index in [0.717, 1.165) is 15.8 Å². The largest absolute Gasteiger partial charge is 0.352 e. The minimum absolute atomic E-state index is 0.0620. The molecule has 0 saturated carbocycles. The molecule has 1 N–H and O–H groups in total. The van der Waals surface area contributed by atoms with E-state index in [1.54, 1.807) is 11.8 Å². The van der Waals surface area contributed by atoms with Gasteiger partial charge in [-0.15, -0.1) is 0 Å². The first-order valence-electron chi connectivity index (χ1n) is 6.94. The predicted octanol–water partition coefficient (Wildman–Crippen LogP) is 1.96. The van der Waals surface area contributed by atoms with Crippen LogP contribution in [0, 0.1) is 0 Å². The van der Waals surface area contributed by atoms with Gasteiger partial charge >= 0.3 is 0 Å². The van der Waals surface area contributed by atoms with Gasteiger partial charge in [0.15, 0.2) is 9.84 Å². The molecule has 2 heterocycles. The summed E-state index contributed by atoms with van der Waals surface area (Å²) in [6, 6.07) is 7.74. The Balaban J connectivity index is 1.51. The first kappa shape index (κ1) is 15.9. The molecule has 0 radical (unpaired) electrons. The minimum atomic E-state index is -2.96. The van der Waals surface area contributed by atoms with E-state index in [4.69, 9.17) is 0 Å². The number of aliphatic imine (C=N–C) groups is 1. The molecular formula is C14H16N2O3S3. The zero-order chi connectivity index (χ0) is 15.6. The van der Waals surface area contributed by atoms with Crippen molar-refractivity contribution in [3.8, 4) is 0 Å². The van der Waals surface area contributed by atoms with E-state index in [0.29, 0.717) is 6.42 Å². The number of nitrogens with one attached hydrogen (secondary N) is 1. The van der Waals surface area contributed by atoms with E-state index in [-0.39, 0.29) is 29.2 Å². The van der Waals surface area contributed by atoms with Crippen LogP contribution in [0.5, 0.6) is 0 Å². The molecule has 0 spiro atoms. The van der Waals surface area contributed by atoms with E-state index in [2.05, 4.69) is 16.4 Å². The summed E-state index contributed by atoms with van der Waals surface area (Å²) in [6.45, 7) is 0. The van der Waals surface area contributed by atoms with Gasteiger partial charge in [0.1, 0.15) is 4.38 Å². The lowest BCUT2D eigenvalue weighted by atomic mass is 10.2. The number of thioether (sulfide) groups is 2. The molecule has 8 heteroatoms. The number of hydrogen-bond donors (Lipinski definition) is 1. The molecule has 2 aliphatic rings. The fourth-order valence-electron chi connectivity index (χ4n) is 2.39. The molecule has 1 unspecified atom stereocenters. The van der Waals surface area contributed by atoms with Crippen molar-refractivity contribution in [2.45, 2.75) is 18.2 Å². The minimum Gasteiger partial charge on any atom is -0.352 e. The van der Waals surface area contributed by atoms with Crippen LogP contribution in [0.15, 0.2) is 29.3 Å². The smallest absolute Gasteiger partial charge is 0.230 e. The van der Waals surface area contributed by atoms with Gasteiger partial charge in [-0.2, -0.15) is 0 Å². The number of amides is 1. The van der Waals surface area contributed by atoms with Crippen LogP contribution < -0.4 is 5.32 Å². The number of hydrogen-bond acceptors (Lipinski definition) is 6. The molecule has 0 bridgehead atoms. The van der Waals surface area contributed by atoms with Crippen LogP contribution in [0.1, 0.15) is 12.0 Å². The summed E-state index contributed by atoms with van der Waals surface area (Å²) in [6.07, 6.45) is 0.516. The van der Waals surface area contributed by atoms with Crippen LogP contribution in [0.3, 0.4) is 0 Å². The van der Waals surface area contributed by atoms with Crippen LogP contribution in [0.25, 0.3) is 0 Å². The van der Waals surface area contributed by atoms with Crippen LogP contribution >= 0.6 is 23.5 Å². The van der Waals surface area contributed by atoms with Crippen molar-refractivity contribution in [2.75, 3.05) is 17.3 Å². The van der Waals surface area contributed by atoms with E-state index in [1.807, 2.05) is 18.2 Å². The number of sulfone groups is 1. The summed E-state index contributed by atoms with van der Waals surface area (Å²) in [5, 5.41) is 2.79. The van der Waals surface area contributed by atoms with Gasteiger partial charge < -0.3 is 5.32 Å². The Hall–Kier alpha value is -0.990. The number of rotatable bonds is 3. The van der Waals surface area contributed by atoms with E-state index < -0.39 is 9.84 Å². The standard InChI is InChI=1S/C14H16N2O3S3/c17-13(15-11-5-6-22(18,19)9-11)8-21-14-16-12-4-2-1-3-10(12)7-20-14/h1-4,11H,5-9H2,(H,15,17). The highest BCUT2D eigenvalue weighted by Crippen LogP contribution is 2.34. The SMILES string of the molecule is O=C(CSC1=Nc2ccccc2CS1)NC1CCS(=O)(=O)C1. The van der Waals surface area contributed by atoms with Crippen LogP contribution in [0.4, 0.5) is 5.69 Å². The lowest BCUT2D eigenvalue weighted by Gasteiger charge is -2.15. The van der Waals surface area contributed by atoms with Crippen molar-refractivity contribution in [2.24, 2.45) is 4.99 Å². The molecule has 1 amide bonds. The average Bonchev–Trinajstić information content (AvgIpc) is 2.84. The molecule has 2 aliphatic heterocycles. The monoisotopic (exact) mass is 356 g/mol. The van der Waals surface area contributed by atoms with Crippen molar-refractivity contribution >= 4 is 49.3 Å². The predicted molar refractivity (Wildman–Crippen MR) is 92.5 cm³/mol. The maximum absolute atomic E-state index is 11.9. The van der Waals surface area contributed by atoms with Crippen molar-refractivity contribution in [3.63, 3.8) is 0 Å². The van der Waals surface area contributed by atoms with Crippen molar-refractivity contribution in [1.29, 1.82) is 0 Å². The van der Waals surface area contributed by atoms with Gasteiger partial charge in [0.05, 0.1) is 22.9 Å². The van der Waals surface area contributed by atoms with E-state index in [1.165, 1.54) is 17.3 Å². The molecular weight excluding hydrogens is 340 g/mol. The lowest BCUT2D eigenvalue weighted by molar-refractivity contribution is -0.119. The Morgan fingerprint density at radius 1 is 1.41 bits per heavy atom. The van der Waals surface area contributed by atoms with Gasteiger partial charge in [-0.1, -0.05) is 41.7 Å². The van der Waals surface area contributed by atoms with Crippen molar-refractivity contribution < 1.29 is 13.2 Å². The fraction of sp³-hybridized carbons (Fsp3) is 0.429. The highest BCUT2D eigenvalue weighted by molar-refractivity contribution is 8.38.